The average molecular weight is 231 g/mol. The molecule has 2 rings (SSSR count). The Hall–Kier alpha value is -1.81. The van der Waals surface area contributed by atoms with Crippen LogP contribution < -0.4 is 5.73 Å². The molecule has 88 valence electrons. The average Bonchev–Trinajstić information content (AvgIpc) is 2.33. The first-order valence-corrected chi connectivity index (χ1v) is 5.41. The molecule has 0 fully saturated rings. The van der Waals surface area contributed by atoms with E-state index >= 15 is 0 Å². The summed E-state index contributed by atoms with van der Waals surface area (Å²) in [6.07, 6.45) is 1.71. The van der Waals surface area contributed by atoms with Crippen LogP contribution in [0.5, 0.6) is 0 Å². The zero-order chi connectivity index (χ0) is 12.4. The van der Waals surface area contributed by atoms with Crippen molar-refractivity contribution in [2.75, 3.05) is 0 Å². The van der Waals surface area contributed by atoms with Gasteiger partial charge in [0.1, 0.15) is 5.82 Å². The number of rotatable bonds is 2. The summed E-state index contributed by atoms with van der Waals surface area (Å²) in [5.41, 5.74) is 8.60. The van der Waals surface area contributed by atoms with Crippen LogP contribution in [0.2, 0.25) is 0 Å². The van der Waals surface area contributed by atoms with Crippen molar-refractivity contribution in [3.05, 3.63) is 47.0 Å². The summed E-state index contributed by atoms with van der Waals surface area (Å²) in [6.45, 7) is 3.98. The van der Waals surface area contributed by atoms with Gasteiger partial charge >= 0.3 is 0 Å². The van der Waals surface area contributed by atoms with E-state index in [0.29, 0.717) is 23.5 Å². The van der Waals surface area contributed by atoms with Gasteiger partial charge in [0.05, 0.1) is 5.69 Å². The lowest BCUT2D eigenvalue weighted by Crippen LogP contribution is -2.04. The second kappa shape index (κ2) is 4.59. The van der Waals surface area contributed by atoms with Crippen molar-refractivity contribution in [2.45, 2.75) is 20.4 Å². The van der Waals surface area contributed by atoms with Crippen molar-refractivity contribution in [2.24, 2.45) is 5.73 Å². The molecule has 0 amide bonds. The summed E-state index contributed by atoms with van der Waals surface area (Å²) >= 11 is 0. The zero-order valence-corrected chi connectivity index (χ0v) is 9.87. The van der Waals surface area contributed by atoms with Crippen molar-refractivity contribution in [1.82, 2.24) is 9.97 Å². The molecule has 3 nitrogen and oxygen atoms in total. The van der Waals surface area contributed by atoms with Gasteiger partial charge in [0.25, 0.3) is 0 Å². The molecule has 0 spiro atoms. The van der Waals surface area contributed by atoms with Crippen molar-refractivity contribution < 1.29 is 4.39 Å². The van der Waals surface area contributed by atoms with Gasteiger partial charge in [0.2, 0.25) is 0 Å². The van der Waals surface area contributed by atoms with E-state index in [9.17, 15) is 4.39 Å². The van der Waals surface area contributed by atoms with Crippen LogP contribution in [0, 0.1) is 19.7 Å². The normalized spacial score (nSPS) is 10.6. The number of hydrogen-bond acceptors (Lipinski definition) is 3. The standard InChI is InChI=1S/C13H14FN3/c1-8-3-4-10(5-11(8)14)13-16-7-9(2)12(6-15)17-13/h3-5,7H,6,15H2,1-2H3. The van der Waals surface area contributed by atoms with Crippen LogP contribution in [0.3, 0.4) is 0 Å². The highest BCUT2D eigenvalue weighted by atomic mass is 19.1. The number of nitrogens with two attached hydrogens (primary N) is 1. The van der Waals surface area contributed by atoms with E-state index in [1.807, 2.05) is 13.0 Å². The number of halogens is 1. The van der Waals surface area contributed by atoms with Gasteiger partial charge in [-0.15, -0.1) is 0 Å². The van der Waals surface area contributed by atoms with Crippen LogP contribution in [-0.2, 0) is 6.54 Å². The third-order valence-corrected chi connectivity index (χ3v) is 2.70. The smallest absolute Gasteiger partial charge is 0.159 e. The van der Waals surface area contributed by atoms with E-state index < -0.39 is 0 Å². The maximum Gasteiger partial charge on any atom is 0.159 e. The molecule has 1 heterocycles. The van der Waals surface area contributed by atoms with Crippen molar-refractivity contribution in [3.8, 4) is 11.4 Å². The summed E-state index contributed by atoms with van der Waals surface area (Å²) in [6, 6.07) is 4.97. The molecular weight excluding hydrogens is 217 g/mol. The second-order valence-electron chi connectivity index (χ2n) is 3.99. The molecule has 0 atom stereocenters. The predicted octanol–water partition coefficient (Wildman–Crippen LogP) is 2.36. The Morgan fingerprint density at radius 1 is 1.24 bits per heavy atom. The Bertz CT molecular complexity index is 552. The molecule has 0 aliphatic rings. The van der Waals surface area contributed by atoms with Crippen LogP contribution in [0.4, 0.5) is 4.39 Å². The number of aromatic nitrogens is 2. The summed E-state index contributed by atoms with van der Waals surface area (Å²) in [4.78, 5) is 8.52. The second-order valence-corrected chi connectivity index (χ2v) is 3.99. The van der Waals surface area contributed by atoms with E-state index in [1.165, 1.54) is 6.07 Å². The summed E-state index contributed by atoms with van der Waals surface area (Å²) in [5.74, 6) is 0.260. The largest absolute Gasteiger partial charge is 0.325 e. The Balaban J connectivity index is 2.49. The van der Waals surface area contributed by atoms with Gasteiger partial charge in [-0.2, -0.15) is 0 Å². The highest BCUT2D eigenvalue weighted by Gasteiger charge is 2.07. The molecule has 0 saturated carbocycles. The van der Waals surface area contributed by atoms with Gasteiger partial charge in [-0.1, -0.05) is 12.1 Å². The summed E-state index contributed by atoms with van der Waals surface area (Å²) < 4.78 is 13.4. The topological polar surface area (TPSA) is 51.8 Å². The SMILES string of the molecule is Cc1ccc(-c2ncc(C)c(CN)n2)cc1F. The Morgan fingerprint density at radius 2 is 2.00 bits per heavy atom. The highest BCUT2D eigenvalue weighted by Crippen LogP contribution is 2.19. The van der Waals surface area contributed by atoms with E-state index in [1.54, 1.807) is 19.2 Å². The maximum atomic E-state index is 13.4. The van der Waals surface area contributed by atoms with E-state index in [4.69, 9.17) is 5.73 Å². The molecule has 2 aromatic rings. The van der Waals surface area contributed by atoms with Crippen LogP contribution in [0.1, 0.15) is 16.8 Å². The lowest BCUT2D eigenvalue weighted by molar-refractivity contribution is 0.619. The zero-order valence-electron chi connectivity index (χ0n) is 9.87. The first kappa shape index (κ1) is 11.7. The molecule has 0 bridgehead atoms. The lowest BCUT2D eigenvalue weighted by Gasteiger charge is -2.06. The van der Waals surface area contributed by atoms with Crippen molar-refractivity contribution >= 4 is 0 Å². The van der Waals surface area contributed by atoms with E-state index in [-0.39, 0.29) is 5.82 Å². The molecule has 17 heavy (non-hydrogen) atoms. The number of benzene rings is 1. The van der Waals surface area contributed by atoms with Gasteiger partial charge in [-0.05, 0) is 31.0 Å². The fourth-order valence-electron chi connectivity index (χ4n) is 1.56. The predicted molar refractivity (Wildman–Crippen MR) is 64.8 cm³/mol. The molecule has 2 N–H and O–H groups in total. The van der Waals surface area contributed by atoms with Crippen LogP contribution in [0.15, 0.2) is 24.4 Å². The number of aryl methyl sites for hydroxylation is 2. The maximum absolute atomic E-state index is 13.4. The van der Waals surface area contributed by atoms with Gasteiger partial charge < -0.3 is 5.73 Å². The summed E-state index contributed by atoms with van der Waals surface area (Å²) in [7, 11) is 0. The van der Waals surface area contributed by atoms with Crippen LogP contribution >= 0.6 is 0 Å². The molecule has 1 aromatic carbocycles. The van der Waals surface area contributed by atoms with Gasteiger partial charge in [0, 0.05) is 18.3 Å². The monoisotopic (exact) mass is 231 g/mol. The molecule has 1 aromatic heterocycles. The molecule has 0 saturated heterocycles. The lowest BCUT2D eigenvalue weighted by atomic mass is 10.1. The molecule has 0 radical (unpaired) electrons. The van der Waals surface area contributed by atoms with Gasteiger partial charge in [0.15, 0.2) is 5.82 Å². The fraction of sp³-hybridized carbons (Fsp3) is 0.231. The minimum Gasteiger partial charge on any atom is -0.325 e. The van der Waals surface area contributed by atoms with Gasteiger partial charge in [-0.25, -0.2) is 14.4 Å². The van der Waals surface area contributed by atoms with Gasteiger partial charge in [-0.3, -0.25) is 0 Å². The molecular formula is C13H14FN3. The molecule has 0 aliphatic carbocycles. The van der Waals surface area contributed by atoms with E-state index in [2.05, 4.69) is 9.97 Å². The van der Waals surface area contributed by atoms with Crippen LogP contribution in [-0.4, -0.2) is 9.97 Å². The summed E-state index contributed by atoms with van der Waals surface area (Å²) in [5, 5.41) is 0. The Morgan fingerprint density at radius 3 is 2.65 bits per heavy atom. The Labute approximate surface area is 99.5 Å². The molecule has 0 aliphatic heterocycles. The first-order valence-electron chi connectivity index (χ1n) is 5.41. The third kappa shape index (κ3) is 2.31. The molecule has 4 heteroatoms. The van der Waals surface area contributed by atoms with Crippen molar-refractivity contribution in [3.63, 3.8) is 0 Å². The number of hydrogen-bond donors (Lipinski definition) is 1. The number of nitrogens with zero attached hydrogens (tertiary/aromatic N) is 2. The van der Waals surface area contributed by atoms with E-state index in [0.717, 1.165) is 11.3 Å². The van der Waals surface area contributed by atoms with Crippen molar-refractivity contribution in [1.29, 1.82) is 0 Å². The Kier molecular flexibility index (Phi) is 3.15. The molecule has 0 unspecified atom stereocenters. The fourth-order valence-corrected chi connectivity index (χ4v) is 1.56. The minimum absolute atomic E-state index is 0.249. The van der Waals surface area contributed by atoms with Crippen LogP contribution in [0.25, 0.3) is 11.4 Å². The minimum atomic E-state index is -0.249. The third-order valence-electron chi connectivity index (χ3n) is 2.70. The quantitative estimate of drug-likeness (QED) is 0.863. The highest BCUT2D eigenvalue weighted by molar-refractivity contribution is 5.55. The first-order chi connectivity index (χ1) is 8.11.